The van der Waals surface area contributed by atoms with Crippen molar-refractivity contribution < 1.29 is 14.0 Å². The average Bonchev–Trinajstić information content (AvgIpc) is 2.28. The molecule has 0 saturated carbocycles. The molecule has 6 heteroatoms. The molecule has 0 aliphatic carbocycles. The highest BCUT2D eigenvalue weighted by Crippen LogP contribution is 2.13. The first-order valence-electron chi connectivity index (χ1n) is 4.52. The lowest BCUT2D eigenvalue weighted by molar-refractivity contribution is -0.119. The van der Waals surface area contributed by atoms with Gasteiger partial charge < -0.3 is 10.6 Å². The van der Waals surface area contributed by atoms with Gasteiger partial charge in [0.25, 0.3) is 5.91 Å². The highest BCUT2D eigenvalue weighted by molar-refractivity contribution is 7.80. The molecule has 4 nitrogen and oxygen atoms in total. The van der Waals surface area contributed by atoms with Crippen LogP contribution in [0.5, 0.6) is 0 Å². The number of hydrogen-bond donors (Lipinski definition) is 3. The van der Waals surface area contributed by atoms with Crippen LogP contribution in [0.4, 0.5) is 4.39 Å². The molecule has 0 aromatic heterocycles. The Kier molecular flexibility index (Phi) is 4.30. The molecule has 0 spiro atoms. The van der Waals surface area contributed by atoms with Crippen molar-refractivity contribution >= 4 is 24.4 Å². The van der Waals surface area contributed by atoms with Crippen molar-refractivity contribution in [2.24, 2.45) is 0 Å². The van der Waals surface area contributed by atoms with Gasteiger partial charge in [0.15, 0.2) is 0 Å². The van der Waals surface area contributed by atoms with Crippen LogP contribution in [0.3, 0.4) is 0 Å². The maximum absolute atomic E-state index is 13.2. The minimum atomic E-state index is -0.646. The van der Waals surface area contributed by atoms with E-state index in [1.165, 1.54) is 19.2 Å². The molecule has 16 heavy (non-hydrogen) atoms. The van der Waals surface area contributed by atoms with E-state index in [0.29, 0.717) is 4.90 Å². The summed E-state index contributed by atoms with van der Waals surface area (Å²) < 4.78 is 13.2. The lowest BCUT2D eigenvalue weighted by Crippen LogP contribution is -2.35. The molecular weight excluding hydrogens is 231 g/mol. The lowest BCUT2D eigenvalue weighted by Gasteiger charge is -2.05. The van der Waals surface area contributed by atoms with E-state index in [9.17, 15) is 14.0 Å². The van der Waals surface area contributed by atoms with Crippen molar-refractivity contribution in [2.75, 3.05) is 13.6 Å². The van der Waals surface area contributed by atoms with E-state index < -0.39 is 11.7 Å². The fraction of sp³-hybridized carbons (Fsp3) is 0.200. The smallest absolute Gasteiger partial charge is 0.254 e. The number of carbonyl (C=O) groups excluding carboxylic acids is 2. The van der Waals surface area contributed by atoms with Crippen LogP contribution in [0.2, 0.25) is 0 Å². The Morgan fingerprint density at radius 1 is 1.44 bits per heavy atom. The number of nitrogens with one attached hydrogen (secondary N) is 2. The van der Waals surface area contributed by atoms with E-state index in [4.69, 9.17) is 0 Å². The number of thiol groups is 1. The molecule has 0 aliphatic heterocycles. The zero-order valence-corrected chi connectivity index (χ0v) is 9.48. The summed E-state index contributed by atoms with van der Waals surface area (Å²) in [6, 6.07) is 3.89. The summed E-state index contributed by atoms with van der Waals surface area (Å²) in [6.07, 6.45) is 0. The third kappa shape index (κ3) is 3.23. The maximum atomic E-state index is 13.2. The van der Waals surface area contributed by atoms with Crippen molar-refractivity contribution in [3.63, 3.8) is 0 Å². The molecule has 86 valence electrons. The molecule has 1 aromatic rings. The molecule has 0 fully saturated rings. The summed E-state index contributed by atoms with van der Waals surface area (Å²) in [4.78, 5) is 22.8. The largest absolute Gasteiger partial charge is 0.358 e. The van der Waals surface area contributed by atoms with Crippen molar-refractivity contribution in [3.8, 4) is 0 Å². The lowest BCUT2D eigenvalue weighted by atomic mass is 10.2. The van der Waals surface area contributed by atoms with Crippen LogP contribution in [0, 0.1) is 5.82 Å². The maximum Gasteiger partial charge on any atom is 0.254 e. The zero-order valence-electron chi connectivity index (χ0n) is 8.58. The molecule has 1 rings (SSSR count). The van der Waals surface area contributed by atoms with Gasteiger partial charge in [-0.3, -0.25) is 9.59 Å². The molecule has 0 atom stereocenters. The van der Waals surface area contributed by atoms with Crippen LogP contribution < -0.4 is 10.6 Å². The van der Waals surface area contributed by atoms with Crippen LogP contribution >= 0.6 is 12.6 Å². The molecule has 1 aromatic carbocycles. The van der Waals surface area contributed by atoms with E-state index >= 15 is 0 Å². The molecule has 0 aliphatic rings. The summed E-state index contributed by atoms with van der Waals surface area (Å²) in [5.74, 6) is -1.64. The molecule has 0 radical (unpaired) electrons. The van der Waals surface area contributed by atoms with E-state index in [1.54, 1.807) is 0 Å². The number of likely N-dealkylation sites (N-methyl/N-ethyl adjacent to an activating group) is 1. The van der Waals surface area contributed by atoms with Gasteiger partial charge in [0.1, 0.15) is 5.82 Å². The molecule has 0 unspecified atom stereocenters. The van der Waals surface area contributed by atoms with Gasteiger partial charge in [-0.2, -0.15) is 0 Å². The molecule has 0 bridgehead atoms. The van der Waals surface area contributed by atoms with Crippen LogP contribution in [0.15, 0.2) is 23.1 Å². The van der Waals surface area contributed by atoms with E-state index in [2.05, 4.69) is 23.3 Å². The molecule has 2 amide bonds. The van der Waals surface area contributed by atoms with Crippen LogP contribution in [-0.4, -0.2) is 25.4 Å². The summed E-state index contributed by atoms with van der Waals surface area (Å²) in [6.45, 7) is -0.189. The van der Waals surface area contributed by atoms with Gasteiger partial charge in [-0.05, 0) is 18.2 Å². The predicted octanol–water partition coefficient (Wildman–Crippen LogP) is 0.590. The molecular formula is C10H11FN2O2S. The van der Waals surface area contributed by atoms with Crippen molar-refractivity contribution in [3.05, 3.63) is 29.6 Å². The van der Waals surface area contributed by atoms with Gasteiger partial charge >= 0.3 is 0 Å². The highest BCUT2D eigenvalue weighted by Gasteiger charge is 2.12. The number of amides is 2. The Bertz CT molecular complexity index is 423. The zero-order chi connectivity index (χ0) is 12.1. The van der Waals surface area contributed by atoms with Crippen molar-refractivity contribution in [1.82, 2.24) is 10.6 Å². The molecule has 0 heterocycles. The van der Waals surface area contributed by atoms with Crippen molar-refractivity contribution in [1.29, 1.82) is 0 Å². The van der Waals surface area contributed by atoms with Gasteiger partial charge in [-0.15, -0.1) is 12.6 Å². The van der Waals surface area contributed by atoms with Crippen molar-refractivity contribution in [2.45, 2.75) is 4.90 Å². The normalized spacial score (nSPS) is 9.69. The topological polar surface area (TPSA) is 58.2 Å². The second-order valence-electron chi connectivity index (χ2n) is 3.02. The second kappa shape index (κ2) is 5.50. The van der Waals surface area contributed by atoms with Gasteiger partial charge in [0.05, 0.1) is 12.1 Å². The van der Waals surface area contributed by atoms with E-state index in [-0.39, 0.29) is 18.0 Å². The molecule has 2 N–H and O–H groups in total. The summed E-state index contributed by atoms with van der Waals surface area (Å²) >= 11 is 4.00. The first kappa shape index (κ1) is 12.5. The molecule has 0 saturated heterocycles. The predicted molar refractivity (Wildman–Crippen MR) is 60.1 cm³/mol. The summed E-state index contributed by atoms with van der Waals surface area (Å²) in [5, 5.41) is 4.63. The summed E-state index contributed by atoms with van der Waals surface area (Å²) in [5.41, 5.74) is -0.128. The van der Waals surface area contributed by atoms with Gasteiger partial charge in [0.2, 0.25) is 5.91 Å². The Hall–Kier alpha value is -1.56. The monoisotopic (exact) mass is 242 g/mol. The third-order valence-corrected chi connectivity index (χ3v) is 2.16. The number of halogens is 1. The highest BCUT2D eigenvalue weighted by atomic mass is 32.1. The Morgan fingerprint density at radius 3 is 2.75 bits per heavy atom. The van der Waals surface area contributed by atoms with E-state index in [0.717, 1.165) is 6.07 Å². The fourth-order valence-corrected chi connectivity index (χ4v) is 1.24. The van der Waals surface area contributed by atoms with Gasteiger partial charge in [0, 0.05) is 11.9 Å². The fourth-order valence-electron chi connectivity index (χ4n) is 1.03. The number of carbonyl (C=O) groups is 2. The number of benzene rings is 1. The third-order valence-electron chi connectivity index (χ3n) is 1.88. The van der Waals surface area contributed by atoms with E-state index in [1.807, 2.05) is 0 Å². The second-order valence-corrected chi connectivity index (χ2v) is 3.54. The minimum absolute atomic E-state index is 0.128. The van der Waals surface area contributed by atoms with Gasteiger partial charge in [-0.25, -0.2) is 4.39 Å². The SMILES string of the molecule is CNC(=O)CNC(=O)c1cc(S)ccc1F. The Labute approximate surface area is 97.6 Å². The minimum Gasteiger partial charge on any atom is -0.358 e. The number of hydrogen-bond acceptors (Lipinski definition) is 3. The van der Waals surface area contributed by atoms with Crippen LogP contribution in [0.1, 0.15) is 10.4 Å². The Morgan fingerprint density at radius 2 is 2.12 bits per heavy atom. The average molecular weight is 242 g/mol. The van der Waals surface area contributed by atoms with Crippen LogP contribution in [0.25, 0.3) is 0 Å². The van der Waals surface area contributed by atoms with Crippen LogP contribution in [-0.2, 0) is 4.79 Å². The number of rotatable bonds is 3. The first-order chi connectivity index (χ1) is 7.54. The quantitative estimate of drug-likeness (QED) is 0.679. The first-order valence-corrected chi connectivity index (χ1v) is 4.96. The summed E-state index contributed by atoms with van der Waals surface area (Å²) in [7, 11) is 1.45. The standard InChI is InChI=1S/C10H11FN2O2S/c1-12-9(14)5-13-10(15)7-4-6(16)2-3-8(7)11/h2-4,16H,5H2,1H3,(H,12,14)(H,13,15). The van der Waals surface area contributed by atoms with Gasteiger partial charge in [-0.1, -0.05) is 0 Å². The Balaban J connectivity index is 2.73.